The van der Waals surface area contributed by atoms with Crippen molar-refractivity contribution >= 4 is 29.9 Å². The van der Waals surface area contributed by atoms with Gasteiger partial charge in [0, 0.05) is 46.3 Å². The van der Waals surface area contributed by atoms with Crippen molar-refractivity contribution < 1.29 is 9.47 Å². The molecule has 1 heterocycles. The van der Waals surface area contributed by atoms with Gasteiger partial charge in [-0.25, -0.2) is 0 Å². The number of hydrogen-bond acceptors (Lipinski definition) is 3. The second kappa shape index (κ2) is 11.8. The highest BCUT2D eigenvalue weighted by Gasteiger charge is 2.32. The predicted molar refractivity (Wildman–Crippen MR) is 119 cm³/mol. The Labute approximate surface area is 175 Å². The third kappa shape index (κ3) is 7.04. The van der Waals surface area contributed by atoms with Gasteiger partial charge in [-0.3, -0.25) is 4.99 Å². The second-order valence-corrected chi connectivity index (χ2v) is 6.89. The fourth-order valence-corrected chi connectivity index (χ4v) is 3.00. The number of hydrogen-bond donors (Lipinski definition) is 2. The van der Waals surface area contributed by atoms with Gasteiger partial charge in [-0.2, -0.15) is 0 Å². The zero-order valence-corrected chi connectivity index (χ0v) is 18.8. The lowest BCUT2D eigenvalue weighted by atomic mass is 9.94. The van der Waals surface area contributed by atoms with Gasteiger partial charge in [0.2, 0.25) is 0 Å². The second-order valence-electron chi connectivity index (χ2n) is 6.89. The Morgan fingerprint density at radius 3 is 2.46 bits per heavy atom. The summed E-state index contributed by atoms with van der Waals surface area (Å²) in [5.74, 6) is 1.27. The van der Waals surface area contributed by atoms with E-state index in [-0.39, 0.29) is 29.6 Å². The fourth-order valence-electron chi connectivity index (χ4n) is 3.00. The standard InChI is InChI=1S/C20H33N3O2.HI/c1-5-21-19(23-15-20(24-4)10-12-25-13-11-20)22-14-17(3)18-8-6-16(2)7-9-18;/h6-9,17H,5,10-15H2,1-4H3,(H2,21,22,23);1H. The molecule has 0 aliphatic carbocycles. The monoisotopic (exact) mass is 475 g/mol. The predicted octanol–water partition coefficient (Wildman–Crippen LogP) is 3.47. The summed E-state index contributed by atoms with van der Waals surface area (Å²) in [6, 6.07) is 8.73. The van der Waals surface area contributed by atoms with Crippen molar-refractivity contribution in [3.05, 3.63) is 35.4 Å². The Hall–Kier alpha value is -0.860. The van der Waals surface area contributed by atoms with Gasteiger partial charge in [0.05, 0.1) is 12.1 Å². The van der Waals surface area contributed by atoms with Crippen LogP contribution in [0, 0.1) is 6.92 Å². The molecular weight excluding hydrogens is 441 g/mol. The molecule has 6 heteroatoms. The number of benzene rings is 1. The van der Waals surface area contributed by atoms with Gasteiger partial charge in [-0.15, -0.1) is 24.0 Å². The van der Waals surface area contributed by atoms with Crippen LogP contribution in [0.3, 0.4) is 0 Å². The molecule has 5 nitrogen and oxygen atoms in total. The number of guanidine groups is 1. The lowest BCUT2D eigenvalue weighted by Gasteiger charge is -2.34. The van der Waals surface area contributed by atoms with Crippen molar-refractivity contribution in [2.75, 3.05) is 40.0 Å². The minimum absolute atomic E-state index is 0. The van der Waals surface area contributed by atoms with Crippen LogP contribution in [-0.4, -0.2) is 51.5 Å². The Morgan fingerprint density at radius 2 is 1.88 bits per heavy atom. The number of methoxy groups -OCH3 is 1. The number of halogens is 1. The first-order chi connectivity index (χ1) is 12.1. The van der Waals surface area contributed by atoms with Crippen molar-refractivity contribution in [2.24, 2.45) is 4.99 Å². The minimum Gasteiger partial charge on any atom is -0.381 e. The quantitative estimate of drug-likeness (QED) is 0.360. The average molecular weight is 475 g/mol. The smallest absolute Gasteiger partial charge is 0.191 e. The maximum absolute atomic E-state index is 5.77. The lowest BCUT2D eigenvalue weighted by molar-refractivity contribution is -0.0828. The molecule has 0 bridgehead atoms. The van der Waals surface area contributed by atoms with E-state index in [4.69, 9.17) is 14.5 Å². The van der Waals surface area contributed by atoms with E-state index in [0.29, 0.717) is 12.5 Å². The maximum Gasteiger partial charge on any atom is 0.191 e. The molecule has 1 fully saturated rings. The number of aliphatic imine (C=N–C) groups is 1. The lowest BCUT2D eigenvalue weighted by Crippen LogP contribution is -2.44. The molecule has 1 unspecified atom stereocenters. The molecule has 1 aromatic rings. The van der Waals surface area contributed by atoms with Crippen LogP contribution in [0.1, 0.15) is 43.7 Å². The number of nitrogens with one attached hydrogen (secondary N) is 2. The minimum atomic E-state index is -0.191. The van der Waals surface area contributed by atoms with Crippen LogP contribution in [-0.2, 0) is 9.47 Å². The van der Waals surface area contributed by atoms with Gasteiger partial charge in [0.15, 0.2) is 5.96 Å². The van der Waals surface area contributed by atoms with Crippen LogP contribution in [0.2, 0.25) is 0 Å². The van der Waals surface area contributed by atoms with Crippen molar-refractivity contribution in [2.45, 2.75) is 45.1 Å². The van der Waals surface area contributed by atoms with Gasteiger partial charge in [0.25, 0.3) is 0 Å². The van der Waals surface area contributed by atoms with E-state index in [9.17, 15) is 0 Å². The maximum atomic E-state index is 5.77. The molecule has 0 radical (unpaired) electrons. The Kier molecular flexibility index (Phi) is 10.5. The highest BCUT2D eigenvalue weighted by atomic mass is 127. The van der Waals surface area contributed by atoms with Gasteiger partial charge < -0.3 is 20.1 Å². The molecule has 148 valence electrons. The Balaban J connectivity index is 0.00000338. The van der Waals surface area contributed by atoms with Crippen LogP contribution in [0.25, 0.3) is 0 Å². The zero-order valence-electron chi connectivity index (χ0n) is 16.5. The molecule has 1 aliphatic rings. The summed E-state index contributed by atoms with van der Waals surface area (Å²) in [4.78, 5) is 4.77. The average Bonchev–Trinajstić information content (AvgIpc) is 2.65. The fraction of sp³-hybridized carbons (Fsp3) is 0.650. The summed E-state index contributed by atoms with van der Waals surface area (Å²) in [5, 5.41) is 6.80. The van der Waals surface area contributed by atoms with Crippen LogP contribution < -0.4 is 10.6 Å². The molecular formula is C20H34IN3O2. The van der Waals surface area contributed by atoms with Gasteiger partial charge in [-0.1, -0.05) is 36.8 Å². The first-order valence-corrected chi connectivity index (χ1v) is 9.30. The molecule has 0 saturated carbocycles. The van der Waals surface area contributed by atoms with E-state index in [1.807, 2.05) is 0 Å². The molecule has 1 aliphatic heterocycles. The highest BCUT2D eigenvalue weighted by Crippen LogP contribution is 2.24. The Bertz CT molecular complexity index is 542. The molecule has 1 saturated heterocycles. The molecule has 2 N–H and O–H groups in total. The van der Waals surface area contributed by atoms with Gasteiger partial charge in [-0.05, 0) is 25.3 Å². The normalized spacial score (nSPS) is 17.9. The molecule has 0 aromatic heterocycles. The Morgan fingerprint density at radius 1 is 1.23 bits per heavy atom. The first kappa shape index (κ1) is 23.2. The van der Waals surface area contributed by atoms with Crippen LogP contribution in [0.4, 0.5) is 0 Å². The van der Waals surface area contributed by atoms with E-state index in [1.165, 1.54) is 11.1 Å². The number of aryl methyl sites for hydroxylation is 1. The number of ether oxygens (including phenoxy) is 2. The summed E-state index contributed by atoms with van der Waals surface area (Å²) >= 11 is 0. The third-order valence-corrected chi connectivity index (χ3v) is 4.93. The summed E-state index contributed by atoms with van der Waals surface area (Å²) < 4.78 is 11.2. The first-order valence-electron chi connectivity index (χ1n) is 9.30. The van der Waals surface area contributed by atoms with Crippen molar-refractivity contribution in [3.8, 4) is 0 Å². The summed E-state index contributed by atoms with van der Waals surface area (Å²) in [6.45, 7) is 10.3. The molecule has 1 atom stereocenters. The van der Waals surface area contributed by atoms with E-state index < -0.39 is 0 Å². The van der Waals surface area contributed by atoms with Crippen LogP contribution >= 0.6 is 24.0 Å². The van der Waals surface area contributed by atoms with Crippen molar-refractivity contribution in [1.29, 1.82) is 0 Å². The van der Waals surface area contributed by atoms with E-state index in [1.54, 1.807) is 7.11 Å². The van der Waals surface area contributed by atoms with E-state index >= 15 is 0 Å². The molecule has 2 rings (SSSR count). The third-order valence-electron chi connectivity index (χ3n) is 4.93. The molecule has 0 spiro atoms. The van der Waals surface area contributed by atoms with E-state index in [2.05, 4.69) is 55.7 Å². The largest absolute Gasteiger partial charge is 0.381 e. The molecule has 26 heavy (non-hydrogen) atoms. The van der Waals surface area contributed by atoms with Crippen LogP contribution in [0.15, 0.2) is 29.3 Å². The van der Waals surface area contributed by atoms with Gasteiger partial charge >= 0.3 is 0 Å². The topological polar surface area (TPSA) is 54.9 Å². The summed E-state index contributed by atoms with van der Waals surface area (Å²) in [6.07, 6.45) is 1.79. The zero-order chi connectivity index (χ0) is 18.1. The number of rotatable bonds is 7. The molecule has 0 amide bonds. The molecule has 1 aromatic carbocycles. The highest BCUT2D eigenvalue weighted by molar-refractivity contribution is 14.0. The SMILES string of the molecule is CCNC(=NCC1(OC)CCOCC1)NCC(C)c1ccc(C)cc1.I. The summed E-state index contributed by atoms with van der Waals surface area (Å²) in [5.41, 5.74) is 2.44. The summed E-state index contributed by atoms with van der Waals surface area (Å²) in [7, 11) is 1.78. The van der Waals surface area contributed by atoms with Crippen molar-refractivity contribution in [3.63, 3.8) is 0 Å². The van der Waals surface area contributed by atoms with Crippen LogP contribution in [0.5, 0.6) is 0 Å². The van der Waals surface area contributed by atoms with Crippen molar-refractivity contribution in [1.82, 2.24) is 10.6 Å². The van der Waals surface area contributed by atoms with E-state index in [0.717, 1.165) is 45.1 Å². The number of nitrogens with zero attached hydrogens (tertiary/aromatic N) is 1. The van der Waals surface area contributed by atoms with Gasteiger partial charge in [0.1, 0.15) is 0 Å².